The van der Waals surface area contributed by atoms with Crippen molar-refractivity contribution in [2.75, 3.05) is 0 Å². The summed E-state index contributed by atoms with van der Waals surface area (Å²) in [6, 6.07) is 0. The van der Waals surface area contributed by atoms with Gasteiger partial charge < -0.3 is 0 Å². The fourth-order valence-corrected chi connectivity index (χ4v) is 1.50. The lowest BCUT2D eigenvalue weighted by Gasteiger charge is -2.19. The fraction of sp³-hybridized carbons (Fsp3) is 0.692. The fourth-order valence-electron chi connectivity index (χ4n) is 1.50. The van der Waals surface area contributed by atoms with Crippen LogP contribution in [0.15, 0.2) is 0 Å². The second-order valence-corrected chi connectivity index (χ2v) is 5.20. The highest BCUT2D eigenvalue weighted by Crippen LogP contribution is 2.21. The summed E-state index contributed by atoms with van der Waals surface area (Å²) in [6.07, 6.45) is 2.19. The second-order valence-electron chi connectivity index (χ2n) is 5.20. The molecule has 0 spiro atoms. The minimum atomic E-state index is 0.0426. The third-order valence-corrected chi connectivity index (χ3v) is 2.65. The van der Waals surface area contributed by atoms with Gasteiger partial charge >= 0.3 is 0 Å². The van der Waals surface area contributed by atoms with Crippen LogP contribution in [0.25, 0.3) is 0 Å². The Morgan fingerprint density at radius 1 is 1.07 bits per heavy atom. The molecule has 0 N–H and O–H groups in total. The van der Waals surface area contributed by atoms with Crippen molar-refractivity contribution in [3.8, 4) is 0 Å². The summed E-state index contributed by atoms with van der Waals surface area (Å²) in [5.41, 5.74) is 3.64. The predicted octanol–water partition coefficient (Wildman–Crippen LogP) is 3.34. The maximum absolute atomic E-state index is 4.68. The summed E-state index contributed by atoms with van der Waals surface area (Å²) in [5.74, 6) is 0.967. The predicted molar refractivity (Wildman–Crippen MR) is 64.2 cm³/mol. The first-order valence-corrected chi connectivity index (χ1v) is 5.71. The molecule has 2 heteroatoms. The molecular formula is C13H22N2. The molecule has 0 atom stereocenters. The van der Waals surface area contributed by atoms with E-state index in [1.807, 2.05) is 0 Å². The Hall–Kier alpha value is -0.920. The van der Waals surface area contributed by atoms with Gasteiger partial charge in [-0.2, -0.15) is 0 Å². The number of rotatable bonds is 2. The first-order chi connectivity index (χ1) is 6.86. The van der Waals surface area contributed by atoms with Gasteiger partial charge in [-0.15, -0.1) is 0 Å². The van der Waals surface area contributed by atoms with Crippen LogP contribution in [0.4, 0.5) is 0 Å². The molecule has 1 heterocycles. The van der Waals surface area contributed by atoms with Crippen molar-refractivity contribution in [3.05, 3.63) is 22.8 Å². The molecule has 1 rings (SSSR count). The minimum absolute atomic E-state index is 0.0426. The van der Waals surface area contributed by atoms with Crippen LogP contribution in [0.1, 0.15) is 56.9 Å². The highest BCUT2D eigenvalue weighted by Gasteiger charge is 2.19. The van der Waals surface area contributed by atoms with E-state index in [0.717, 1.165) is 24.4 Å². The molecule has 0 aliphatic rings. The van der Waals surface area contributed by atoms with Crippen molar-refractivity contribution >= 4 is 0 Å². The molecule has 1 aromatic rings. The molecule has 84 valence electrons. The summed E-state index contributed by atoms with van der Waals surface area (Å²) >= 11 is 0. The molecule has 0 aliphatic carbocycles. The van der Waals surface area contributed by atoms with Gasteiger partial charge in [0.1, 0.15) is 5.82 Å². The van der Waals surface area contributed by atoms with E-state index < -0.39 is 0 Å². The van der Waals surface area contributed by atoms with Gasteiger partial charge in [-0.05, 0) is 25.8 Å². The van der Waals surface area contributed by atoms with Crippen LogP contribution in [0.2, 0.25) is 0 Å². The van der Waals surface area contributed by atoms with Gasteiger partial charge in [-0.3, -0.25) is 0 Å². The topological polar surface area (TPSA) is 25.8 Å². The number of nitrogens with zero attached hydrogens (tertiary/aromatic N) is 2. The van der Waals surface area contributed by atoms with Gasteiger partial charge in [-0.1, -0.05) is 34.1 Å². The summed E-state index contributed by atoms with van der Waals surface area (Å²) in [7, 11) is 0. The van der Waals surface area contributed by atoms with Crippen LogP contribution < -0.4 is 0 Å². The van der Waals surface area contributed by atoms with Crippen LogP contribution in [-0.4, -0.2) is 9.97 Å². The Labute approximate surface area is 93.2 Å². The SMILES string of the molecule is CCCc1nc(C(C)(C)C)nc(C)c1C. The molecule has 15 heavy (non-hydrogen) atoms. The zero-order chi connectivity index (χ0) is 11.6. The summed E-state index contributed by atoms with van der Waals surface area (Å²) in [4.78, 5) is 9.26. The molecule has 0 unspecified atom stereocenters. The van der Waals surface area contributed by atoms with Crippen molar-refractivity contribution < 1.29 is 0 Å². The van der Waals surface area contributed by atoms with Gasteiger partial charge in [0.2, 0.25) is 0 Å². The van der Waals surface area contributed by atoms with Crippen molar-refractivity contribution in [2.45, 2.75) is 59.8 Å². The Bertz CT molecular complexity index is 348. The first-order valence-electron chi connectivity index (χ1n) is 5.71. The normalized spacial score (nSPS) is 11.9. The average Bonchev–Trinajstić information content (AvgIpc) is 2.11. The van der Waals surface area contributed by atoms with Crippen molar-refractivity contribution in [1.82, 2.24) is 9.97 Å². The van der Waals surface area contributed by atoms with E-state index in [1.54, 1.807) is 0 Å². The molecular weight excluding hydrogens is 184 g/mol. The zero-order valence-electron chi connectivity index (χ0n) is 10.8. The first kappa shape index (κ1) is 12.2. The molecule has 0 saturated carbocycles. The Kier molecular flexibility index (Phi) is 3.48. The smallest absolute Gasteiger partial charge is 0.134 e. The van der Waals surface area contributed by atoms with E-state index in [1.165, 1.54) is 11.3 Å². The maximum Gasteiger partial charge on any atom is 0.134 e. The molecule has 0 amide bonds. The number of aryl methyl sites for hydroxylation is 2. The van der Waals surface area contributed by atoms with Crippen LogP contribution in [-0.2, 0) is 11.8 Å². The highest BCUT2D eigenvalue weighted by molar-refractivity contribution is 5.25. The largest absolute Gasteiger partial charge is 0.237 e. The monoisotopic (exact) mass is 206 g/mol. The Morgan fingerprint density at radius 3 is 2.13 bits per heavy atom. The summed E-state index contributed by atoms with van der Waals surface area (Å²) < 4.78 is 0. The minimum Gasteiger partial charge on any atom is -0.237 e. The Morgan fingerprint density at radius 2 is 1.67 bits per heavy atom. The molecule has 0 saturated heterocycles. The molecule has 0 aliphatic heterocycles. The quantitative estimate of drug-likeness (QED) is 0.741. The maximum atomic E-state index is 4.68. The van der Waals surface area contributed by atoms with E-state index in [-0.39, 0.29) is 5.41 Å². The summed E-state index contributed by atoms with van der Waals surface area (Å²) in [6.45, 7) is 12.9. The van der Waals surface area contributed by atoms with Crippen molar-refractivity contribution in [2.24, 2.45) is 0 Å². The standard InChI is InChI=1S/C13H22N2/c1-7-8-11-9(2)10(3)14-12(15-11)13(4,5)6/h7-8H2,1-6H3. The van der Waals surface area contributed by atoms with E-state index in [0.29, 0.717) is 0 Å². The molecule has 2 nitrogen and oxygen atoms in total. The zero-order valence-corrected chi connectivity index (χ0v) is 10.8. The lowest BCUT2D eigenvalue weighted by molar-refractivity contribution is 0.537. The lowest BCUT2D eigenvalue weighted by atomic mass is 9.95. The number of hydrogen-bond donors (Lipinski definition) is 0. The molecule has 0 fully saturated rings. The van der Waals surface area contributed by atoms with Gasteiger partial charge in [0.05, 0.1) is 0 Å². The van der Waals surface area contributed by atoms with E-state index in [4.69, 9.17) is 0 Å². The number of aromatic nitrogens is 2. The van der Waals surface area contributed by atoms with Gasteiger partial charge in [-0.25, -0.2) is 9.97 Å². The average molecular weight is 206 g/mol. The molecule has 0 radical (unpaired) electrons. The molecule has 1 aromatic heterocycles. The third-order valence-electron chi connectivity index (χ3n) is 2.65. The highest BCUT2D eigenvalue weighted by atomic mass is 14.9. The number of hydrogen-bond acceptors (Lipinski definition) is 2. The van der Waals surface area contributed by atoms with Gasteiger partial charge in [0.25, 0.3) is 0 Å². The van der Waals surface area contributed by atoms with E-state index >= 15 is 0 Å². The van der Waals surface area contributed by atoms with Crippen molar-refractivity contribution in [3.63, 3.8) is 0 Å². The molecule has 0 aromatic carbocycles. The van der Waals surface area contributed by atoms with Gasteiger partial charge in [0, 0.05) is 16.8 Å². The molecule has 0 bridgehead atoms. The van der Waals surface area contributed by atoms with E-state index in [9.17, 15) is 0 Å². The third kappa shape index (κ3) is 2.77. The van der Waals surface area contributed by atoms with Crippen LogP contribution in [0.5, 0.6) is 0 Å². The summed E-state index contributed by atoms with van der Waals surface area (Å²) in [5, 5.41) is 0. The second kappa shape index (κ2) is 4.30. The van der Waals surface area contributed by atoms with Crippen LogP contribution in [0.3, 0.4) is 0 Å². The van der Waals surface area contributed by atoms with Crippen LogP contribution in [0, 0.1) is 13.8 Å². The van der Waals surface area contributed by atoms with E-state index in [2.05, 4.69) is 51.5 Å². The van der Waals surface area contributed by atoms with Gasteiger partial charge in [0.15, 0.2) is 0 Å². The van der Waals surface area contributed by atoms with Crippen molar-refractivity contribution in [1.29, 1.82) is 0 Å². The lowest BCUT2D eigenvalue weighted by Crippen LogP contribution is -2.18. The van der Waals surface area contributed by atoms with Crippen LogP contribution >= 0.6 is 0 Å². The Balaban J connectivity index is 3.23.